The average Bonchev–Trinajstić information content (AvgIpc) is 3.28. The number of amides is 1. The molecule has 2 aromatic carbocycles. The maximum atomic E-state index is 12.8. The van der Waals surface area contributed by atoms with Gasteiger partial charge in [0, 0.05) is 37.1 Å². The summed E-state index contributed by atoms with van der Waals surface area (Å²) in [4.78, 5) is 27.6. The standard InChI is InChI=1S/C22H21N5O3/c1-25-20-14-15(2-7-18(20)27-19(22(25)29)8-9-23-27)21(28)24-16-3-5-17(6-4-16)26-10-12-30-13-11-26/h2-9,14H,10-13H2,1H3,(H,24,28). The van der Waals surface area contributed by atoms with Crippen LogP contribution in [0.15, 0.2) is 59.5 Å². The highest BCUT2D eigenvalue weighted by Gasteiger charge is 2.14. The van der Waals surface area contributed by atoms with E-state index >= 15 is 0 Å². The SMILES string of the molecule is Cn1c(=O)c2ccnn2c2ccc(C(=O)Nc3ccc(N4CCOCC4)cc3)cc21. The molecule has 0 bridgehead atoms. The molecule has 1 aliphatic heterocycles. The lowest BCUT2D eigenvalue weighted by Gasteiger charge is -2.28. The van der Waals surface area contributed by atoms with E-state index in [1.54, 1.807) is 40.5 Å². The van der Waals surface area contributed by atoms with Crippen molar-refractivity contribution < 1.29 is 9.53 Å². The first-order valence-corrected chi connectivity index (χ1v) is 9.82. The molecular formula is C22H21N5O3. The molecule has 1 amide bonds. The summed E-state index contributed by atoms with van der Waals surface area (Å²) < 4.78 is 8.53. The lowest BCUT2D eigenvalue weighted by atomic mass is 10.1. The van der Waals surface area contributed by atoms with E-state index in [9.17, 15) is 9.59 Å². The Morgan fingerprint density at radius 2 is 1.77 bits per heavy atom. The van der Waals surface area contributed by atoms with Crippen LogP contribution in [0, 0.1) is 0 Å². The van der Waals surface area contributed by atoms with Crippen molar-refractivity contribution in [1.82, 2.24) is 14.2 Å². The zero-order valence-corrected chi connectivity index (χ0v) is 16.5. The van der Waals surface area contributed by atoms with Gasteiger partial charge in [-0.05, 0) is 48.5 Å². The number of benzene rings is 2. The Bertz CT molecular complexity index is 1300. The van der Waals surface area contributed by atoms with E-state index in [1.807, 2.05) is 30.3 Å². The zero-order valence-electron chi connectivity index (χ0n) is 16.5. The van der Waals surface area contributed by atoms with Crippen LogP contribution < -0.4 is 15.8 Å². The van der Waals surface area contributed by atoms with Crippen molar-refractivity contribution in [2.24, 2.45) is 7.05 Å². The van der Waals surface area contributed by atoms with Crippen molar-refractivity contribution in [3.05, 3.63) is 70.6 Å². The van der Waals surface area contributed by atoms with E-state index in [-0.39, 0.29) is 11.5 Å². The third-order valence-corrected chi connectivity index (χ3v) is 5.50. The number of carbonyl (C=O) groups is 1. The maximum Gasteiger partial charge on any atom is 0.276 e. The maximum absolute atomic E-state index is 12.8. The molecule has 152 valence electrons. The first-order chi connectivity index (χ1) is 14.6. The minimum atomic E-state index is -0.232. The Kier molecular flexibility index (Phi) is 4.48. The van der Waals surface area contributed by atoms with E-state index in [1.165, 1.54) is 0 Å². The lowest BCUT2D eigenvalue weighted by Crippen LogP contribution is -2.36. The Balaban J connectivity index is 1.41. The summed E-state index contributed by atoms with van der Waals surface area (Å²) in [6, 6.07) is 14.7. The molecule has 0 unspecified atom stereocenters. The number of hydrogen-bond donors (Lipinski definition) is 1. The average molecular weight is 403 g/mol. The van der Waals surface area contributed by atoms with Crippen LogP contribution >= 0.6 is 0 Å². The largest absolute Gasteiger partial charge is 0.378 e. The van der Waals surface area contributed by atoms with Gasteiger partial charge in [0.25, 0.3) is 11.5 Å². The number of hydrogen-bond acceptors (Lipinski definition) is 5. The normalized spacial score (nSPS) is 14.4. The summed E-state index contributed by atoms with van der Waals surface area (Å²) in [7, 11) is 1.70. The molecule has 0 aliphatic carbocycles. The van der Waals surface area contributed by atoms with Crippen LogP contribution in [0.25, 0.3) is 16.6 Å². The van der Waals surface area contributed by atoms with Gasteiger partial charge in [0.1, 0.15) is 5.52 Å². The van der Waals surface area contributed by atoms with E-state index in [2.05, 4.69) is 15.3 Å². The molecule has 2 aromatic heterocycles. The fraction of sp³-hybridized carbons (Fsp3) is 0.227. The zero-order chi connectivity index (χ0) is 20.7. The molecule has 0 saturated carbocycles. The second-order valence-corrected chi connectivity index (χ2v) is 7.30. The second-order valence-electron chi connectivity index (χ2n) is 7.30. The summed E-state index contributed by atoms with van der Waals surface area (Å²) in [5.41, 5.74) is 4.06. The molecule has 0 atom stereocenters. The number of ether oxygens (including phenoxy) is 1. The molecule has 30 heavy (non-hydrogen) atoms. The molecule has 1 aliphatic rings. The molecule has 8 nitrogen and oxygen atoms in total. The predicted octanol–water partition coefficient (Wildman–Crippen LogP) is 2.28. The van der Waals surface area contributed by atoms with Gasteiger partial charge >= 0.3 is 0 Å². The molecular weight excluding hydrogens is 382 g/mol. The van der Waals surface area contributed by atoms with Crippen molar-refractivity contribution >= 4 is 33.8 Å². The summed E-state index contributed by atoms with van der Waals surface area (Å²) in [5, 5.41) is 7.16. The fourth-order valence-electron chi connectivity index (χ4n) is 3.83. The minimum absolute atomic E-state index is 0.156. The van der Waals surface area contributed by atoms with Gasteiger partial charge in [-0.25, -0.2) is 4.52 Å². The fourth-order valence-corrected chi connectivity index (χ4v) is 3.83. The van der Waals surface area contributed by atoms with Crippen LogP contribution in [0.3, 0.4) is 0 Å². The van der Waals surface area contributed by atoms with Gasteiger partial charge < -0.3 is 19.5 Å². The molecule has 3 heterocycles. The van der Waals surface area contributed by atoms with E-state index < -0.39 is 0 Å². The molecule has 0 spiro atoms. The number of anilines is 2. The van der Waals surface area contributed by atoms with Crippen molar-refractivity contribution in [2.75, 3.05) is 36.5 Å². The lowest BCUT2D eigenvalue weighted by molar-refractivity contribution is 0.102. The Hall–Kier alpha value is -3.65. The topological polar surface area (TPSA) is 80.9 Å². The predicted molar refractivity (Wildman–Crippen MR) is 115 cm³/mol. The van der Waals surface area contributed by atoms with E-state index in [0.29, 0.717) is 22.3 Å². The van der Waals surface area contributed by atoms with E-state index in [0.717, 1.165) is 37.5 Å². The first-order valence-electron chi connectivity index (χ1n) is 9.82. The Labute approximate surface area is 172 Å². The number of aryl methyl sites for hydroxylation is 1. The van der Waals surface area contributed by atoms with Crippen molar-refractivity contribution in [3.63, 3.8) is 0 Å². The van der Waals surface area contributed by atoms with Crippen molar-refractivity contribution in [1.29, 1.82) is 0 Å². The smallest absolute Gasteiger partial charge is 0.276 e. The van der Waals surface area contributed by atoms with Gasteiger partial charge in [0.05, 0.1) is 30.4 Å². The van der Waals surface area contributed by atoms with Crippen LogP contribution in [-0.2, 0) is 11.8 Å². The molecule has 0 radical (unpaired) electrons. The van der Waals surface area contributed by atoms with Gasteiger partial charge in [-0.15, -0.1) is 0 Å². The molecule has 1 fully saturated rings. The number of nitrogens with zero attached hydrogens (tertiary/aromatic N) is 4. The van der Waals surface area contributed by atoms with Crippen LogP contribution in [0.4, 0.5) is 11.4 Å². The molecule has 1 saturated heterocycles. The van der Waals surface area contributed by atoms with E-state index in [4.69, 9.17) is 4.74 Å². The second kappa shape index (κ2) is 7.31. The quantitative estimate of drug-likeness (QED) is 0.568. The van der Waals surface area contributed by atoms with Gasteiger partial charge in [0.2, 0.25) is 0 Å². The molecule has 1 N–H and O–H groups in total. The third-order valence-electron chi connectivity index (χ3n) is 5.50. The Morgan fingerprint density at radius 3 is 2.53 bits per heavy atom. The Morgan fingerprint density at radius 1 is 1.00 bits per heavy atom. The van der Waals surface area contributed by atoms with Crippen molar-refractivity contribution in [3.8, 4) is 0 Å². The summed E-state index contributed by atoms with van der Waals surface area (Å²) in [6.07, 6.45) is 1.59. The molecule has 8 heteroatoms. The monoisotopic (exact) mass is 403 g/mol. The van der Waals surface area contributed by atoms with Crippen LogP contribution in [0.2, 0.25) is 0 Å². The van der Waals surface area contributed by atoms with Gasteiger partial charge in [-0.1, -0.05) is 0 Å². The van der Waals surface area contributed by atoms with Gasteiger partial charge in [-0.3, -0.25) is 9.59 Å². The number of morpholine rings is 1. The van der Waals surface area contributed by atoms with Crippen LogP contribution in [0.1, 0.15) is 10.4 Å². The minimum Gasteiger partial charge on any atom is -0.378 e. The third kappa shape index (κ3) is 3.11. The summed E-state index contributed by atoms with van der Waals surface area (Å²) in [5.74, 6) is -0.232. The summed E-state index contributed by atoms with van der Waals surface area (Å²) >= 11 is 0. The molecule has 4 aromatic rings. The van der Waals surface area contributed by atoms with Crippen molar-refractivity contribution in [2.45, 2.75) is 0 Å². The van der Waals surface area contributed by atoms with Crippen LogP contribution in [-0.4, -0.2) is 46.4 Å². The number of carbonyl (C=O) groups excluding carboxylic acids is 1. The number of aromatic nitrogens is 3. The van der Waals surface area contributed by atoms with Gasteiger partial charge in [0.15, 0.2) is 0 Å². The summed E-state index contributed by atoms with van der Waals surface area (Å²) in [6.45, 7) is 3.19. The number of nitrogens with one attached hydrogen (secondary N) is 1. The number of fused-ring (bicyclic) bond motifs is 3. The van der Waals surface area contributed by atoms with Gasteiger partial charge in [-0.2, -0.15) is 5.10 Å². The van der Waals surface area contributed by atoms with Crippen LogP contribution in [0.5, 0.6) is 0 Å². The highest BCUT2D eigenvalue weighted by molar-refractivity contribution is 6.06. The highest BCUT2D eigenvalue weighted by Crippen LogP contribution is 2.21. The molecule has 5 rings (SSSR count). The first kappa shape index (κ1) is 18.4. The number of rotatable bonds is 3. The highest BCUT2D eigenvalue weighted by atomic mass is 16.5.